The van der Waals surface area contributed by atoms with Gasteiger partial charge in [0.2, 0.25) is 11.8 Å². The van der Waals surface area contributed by atoms with Crippen LogP contribution in [0.25, 0.3) is 0 Å². The molecule has 0 spiro atoms. The second kappa shape index (κ2) is 12.1. The summed E-state index contributed by atoms with van der Waals surface area (Å²) in [6, 6.07) is 2.50. The molecule has 1 aliphatic heterocycles. The molecule has 0 radical (unpaired) electrons. The average molecular weight is 541 g/mol. The topological polar surface area (TPSA) is 125 Å². The fourth-order valence-corrected chi connectivity index (χ4v) is 7.08. The Morgan fingerprint density at radius 2 is 1.87 bits per heavy atom. The van der Waals surface area contributed by atoms with E-state index in [4.69, 9.17) is 9.47 Å². The van der Waals surface area contributed by atoms with Crippen molar-refractivity contribution in [3.05, 3.63) is 34.9 Å². The zero-order valence-electron chi connectivity index (χ0n) is 22.6. The number of fused-ring (bicyclic) bond motifs is 3. The smallest absolute Gasteiger partial charge is 0.247 e. The van der Waals surface area contributed by atoms with Gasteiger partial charge in [0, 0.05) is 35.7 Å². The molecule has 5 rings (SSSR count). The maximum atomic E-state index is 13.8. The Morgan fingerprint density at radius 3 is 2.54 bits per heavy atom. The minimum atomic E-state index is -1.09. The van der Waals surface area contributed by atoms with Crippen molar-refractivity contribution in [1.82, 2.24) is 10.2 Å². The maximum absolute atomic E-state index is 13.8. The van der Waals surface area contributed by atoms with Crippen LogP contribution in [0.1, 0.15) is 86.0 Å². The zero-order chi connectivity index (χ0) is 27.5. The molecule has 3 N–H and O–H groups in total. The van der Waals surface area contributed by atoms with Crippen molar-refractivity contribution < 1.29 is 34.1 Å². The number of benzene rings is 1. The van der Waals surface area contributed by atoms with E-state index in [-0.39, 0.29) is 25.1 Å². The molecule has 2 fully saturated rings. The first-order valence-electron chi connectivity index (χ1n) is 14.4. The molecule has 39 heavy (non-hydrogen) atoms. The fraction of sp³-hybridized carbons (Fsp3) is 0.633. The standard InChI is InChI=1S/C30H40N2O7/c1-38-24-15-19(17-34)14-21-26-22(30(37)31-12-13-33)16-23(27(36)29(26)39-28(21)24)32(20-8-4-5-9-20)25(35)11-10-18-6-2-3-7-18/h14-18,20,23,26-27,29,33,36H,2-13H2,1H3,(H,31,37). The lowest BCUT2D eigenvalue weighted by molar-refractivity contribution is -0.140. The number of carbonyl (C=O) groups excluding carboxylic acids is 3. The van der Waals surface area contributed by atoms with Crippen LogP contribution >= 0.6 is 0 Å². The number of rotatable bonds is 10. The van der Waals surface area contributed by atoms with Gasteiger partial charge in [-0.15, -0.1) is 0 Å². The lowest BCUT2D eigenvalue weighted by Gasteiger charge is -2.43. The second-order valence-corrected chi connectivity index (χ2v) is 11.3. The number of aldehydes is 1. The third-order valence-electron chi connectivity index (χ3n) is 8.98. The summed E-state index contributed by atoms with van der Waals surface area (Å²) in [6.07, 6.45) is 10.3. The summed E-state index contributed by atoms with van der Waals surface area (Å²) in [4.78, 5) is 40.8. The molecule has 4 aliphatic rings. The number of aliphatic hydroxyl groups is 2. The van der Waals surface area contributed by atoms with Crippen molar-refractivity contribution in [2.45, 2.75) is 94.4 Å². The molecule has 2 saturated carbocycles. The number of methoxy groups -OCH3 is 1. The van der Waals surface area contributed by atoms with Crippen molar-refractivity contribution in [3.8, 4) is 11.5 Å². The Balaban J connectivity index is 1.53. The number of hydrogen-bond acceptors (Lipinski definition) is 7. The maximum Gasteiger partial charge on any atom is 0.247 e. The van der Waals surface area contributed by atoms with Gasteiger partial charge in [-0.3, -0.25) is 14.4 Å². The van der Waals surface area contributed by atoms with E-state index < -0.39 is 30.1 Å². The van der Waals surface area contributed by atoms with Gasteiger partial charge in [0.25, 0.3) is 0 Å². The molecule has 1 aromatic rings. The molecule has 0 aromatic heterocycles. The van der Waals surface area contributed by atoms with E-state index in [1.54, 1.807) is 18.2 Å². The predicted octanol–water partition coefficient (Wildman–Crippen LogP) is 2.87. The highest BCUT2D eigenvalue weighted by Crippen LogP contribution is 2.51. The Kier molecular flexibility index (Phi) is 8.57. The molecule has 3 aliphatic carbocycles. The molecule has 1 heterocycles. The van der Waals surface area contributed by atoms with Gasteiger partial charge in [-0.2, -0.15) is 0 Å². The number of carbonyl (C=O) groups is 3. The monoisotopic (exact) mass is 540 g/mol. The Labute approximate surface area is 229 Å². The lowest BCUT2D eigenvalue weighted by Crippen LogP contribution is -2.58. The third-order valence-corrected chi connectivity index (χ3v) is 8.98. The van der Waals surface area contributed by atoms with Gasteiger partial charge < -0.3 is 29.9 Å². The quantitative estimate of drug-likeness (QED) is 0.390. The van der Waals surface area contributed by atoms with Crippen LogP contribution in [-0.2, 0) is 9.59 Å². The first kappa shape index (κ1) is 27.6. The summed E-state index contributed by atoms with van der Waals surface area (Å²) in [7, 11) is 1.48. The van der Waals surface area contributed by atoms with E-state index in [9.17, 15) is 24.6 Å². The normalized spacial score (nSPS) is 26.4. The third kappa shape index (κ3) is 5.43. The molecule has 4 unspecified atom stereocenters. The van der Waals surface area contributed by atoms with Gasteiger partial charge in [-0.1, -0.05) is 38.5 Å². The highest BCUT2D eigenvalue weighted by atomic mass is 16.5. The van der Waals surface area contributed by atoms with E-state index >= 15 is 0 Å². The second-order valence-electron chi connectivity index (χ2n) is 11.3. The highest BCUT2D eigenvalue weighted by molar-refractivity contribution is 5.96. The highest BCUT2D eigenvalue weighted by Gasteiger charge is 2.52. The van der Waals surface area contributed by atoms with Gasteiger partial charge in [0.05, 0.1) is 25.7 Å². The molecule has 2 amide bonds. The molecular formula is C30H40N2O7. The van der Waals surface area contributed by atoms with Crippen LogP contribution in [0.3, 0.4) is 0 Å². The molecule has 4 atom stereocenters. The van der Waals surface area contributed by atoms with Crippen LogP contribution in [0, 0.1) is 5.92 Å². The summed E-state index contributed by atoms with van der Waals surface area (Å²) in [6.45, 7) is -0.151. The van der Waals surface area contributed by atoms with Crippen molar-refractivity contribution in [2.75, 3.05) is 20.3 Å². The number of hydrogen-bond donors (Lipinski definition) is 3. The van der Waals surface area contributed by atoms with Gasteiger partial charge in [-0.05, 0) is 43.4 Å². The summed E-state index contributed by atoms with van der Waals surface area (Å²) in [5, 5.41) is 23.9. The van der Waals surface area contributed by atoms with E-state index in [0.717, 1.165) is 44.9 Å². The average Bonchev–Trinajstić information content (AvgIpc) is 3.73. The summed E-state index contributed by atoms with van der Waals surface area (Å²) >= 11 is 0. The van der Waals surface area contributed by atoms with Crippen molar-refractivity contribution in [1.29, 1.82) is 0 Å². The number of ether oxygens (including phenoxy) is 2. The molecule has 9 heteroatoms. The lowest BCUT2D eigenvalue weighted by atomic mass is 9.77. The van der Waals surface area contributed by atoms with Gasteiger partial charge in [-0.25, -0.2) is 0 Å². The van der Waals surface area contributed by atoms with Crippen LogP contribution < -0.4 is 14.8 Å². The molecule has 212 valence electrons. The molecule has 0 saturated heterocycles. The molecule has 0 bridgehead atoms. The van der Waals surface area contributed by atoms with Crippen molar-refractivity contribution >= 4 is 18.1 Å². The zero-order valence-corrected chi connectivity index (χ0v) is 22.6. The number of nitrogens with zero attached hydrogens (tertiary/aromatic N) is 1. The largest absolute Gasteiger partial charge is 0.493 e. The Morgan fingerprint density at radius 1 is 1.15 bits per heavy atom. The first-order valence-corrected chi connectivity index (χ1v) is 14.4. The Hall–Kier alpha value is -2.91. The summed E-state index contributed by atoms with van der Waals surface area (Å²) in [5.74, 6) is 0.272. The van der Waals surface area contributed by atoms with Crippen molar-refractivity contribution in [2.24, 2.45) is 5.92 Å². The van der Waals surface area contributed by atoms with Crippen LogP contribution in [0.5, 0.6) is 11.5 Å². The van der Waals surface area contributed by atoms with Crippen LogP contribution in [0.2, 0.25) is 0 Å². The van der Waals surface area contributed by atoms with Gasteiger partial charge in [0.15, 0.2) is 11.5 Å². The molecule has 1 aromatic carbocycles. The summed E-state index contributed by atoms with van der Waals surface area (Å²) < 4.78 is 11.8. The number of nitrogens with one attached hydrogen (secondary N) is 1. The number of amides is 2. The summed E-state index contributed by atoms with van der Waals surface area (Å²) in [5.41, 5.74) is 1.32. The van der Waals surface area contributed by atoms with Crippen LogP contribution in [-0.4, -0.2) is 77.8 Å². The minimum absolute atomic E-state index is 0.00439. The van der Waals surface area contributed by atoms with Crippen LogP contribution in [0.4, 0.5) is 0 Å². The van der Waals surface area contributed by atoms with E-state index in [0.29, 0.717) is 46.8 Å². The van der Waals surface area contributed by atoms with Crippen molar-refractivity contribution in [3.63, 3.8) is 0 Å². The van der Waals surface area contributed by atoms with Gasteiger partial charge >= 0.3 is 0 Å². The SMILES string of the molecule is COc1cc(C=O)cc2c1OC1C2C(C(=O)NCCO)=CC(N(C(=O)CCC2CCCC2)C2CCCC2)C1O. The predicted molar refractivity (Wildman–Crippen MR) is 144 cm³/mol. The van der Waals surface area contributed by atoms with E-state index in [1.165, 1.54) is 20.0 Å². The molecule has 9 nitrogen and oxygen atoms in total. The van der Waals surface area contributed by atoms with E-state index in [2.05, 4.69) is 5.32 Å². The van der Waals surface area contributed by atoms with Gasteiger partial charge in [0.1, 0.15) is 18.5 Å². The fourth-order valence-electron chi connectivity index (χ4n) is 7.08. The molecular weight excluding hydrogens is 500 g/mol. The van der Waals surface area contributed by atoms with Crippen LogP contribution in [0.15, 0.2) is 23.8 Å². The Bertz CT molecular complexity index is 1110. The first-order chi connectivity index (χ1) is 19.0. The number of aliphatic hydroxyl groups excluding tert-OH is 2. The van der Waals surface area contributed by atoms with E-state index in [1.807, 2.05) is 4.90 Å². The minimum Gasteiger partial charge on any atom is -0.493 e.